The molecular weight excluding hydrogens is 236 g/mol. The van der Waals surface area contributed by atoms with Crippen molar-refractivity contribution in [3.8, 4) is 5.75 Å². The Hall–Kier alpha value is -1.88. The van der Waals surface area contributed by atoms with Crippen molar-refractivity contribution in [1.82, 2.24) is 10.3 Å². The van der Waals surface area contributed by atoms with Crippen LogP contribution in [0.4, 0.5) is 0 Å². The molecule has 1 aromatic carbocycles. The zero-order valence-electron chi connectivity index (χ0n) is 9.09. The second kappa shape index (κ2) is 5.45. The second-order valence-corrected chi connectivity index (χ2v) is 4.52. The summed E-state index contributed by atoms with van der Waals surface area (Å²) in [6.07, 6.45) is 1.91. The smallest absolute Gasteiger partial charge is 0.224 e. The number of nitrogens with one attached hydrogen (secondary N) is 1. The van der Waals surface area contributed by atoms with Gasteiger partial charge in [0.05, 0.1) is 18.5 Å². The van der Waals surface area contributed by atoms with Gasteiger partial charge in [0.1, 0.15) is 5.75 Å². The Bertz CT molecular complexity index is 497. The molecule has 2 aromatic rings. The van der Waals surface area contributed by atoms with Crippen LogP contribution in [0.15, 0.2) is 36.0 Å². The number of phenols is 1. The van der Waals surface area contributed by atoms with E-state index in [0.717, 1.165) is 4.88 Å². The van der Waals surface area contributed by atoms with Crippen molar-refractivity contribution >= 4 is 17.2 Å². The standard InChI is InChI=1S/C12H12N2O2S/c15-11-4-2-1-3-9(11)5-12(16)14-7-10-6-13-8-17-10/h1-4,6,8,15H,5,7H2,(H,14,16). The van der Waals surface area contributed by atoms with Crippen LogP contribution in [0.3, 0.4) is 0 Å². The van der Waals surface area contributed by atoms with Crippen LogP contribution >= 0.6 is 11.3 Å². The van der Waals surface area contributed by atoms with E-state index in [1.165, 1.54) is 11.3 Å². The summed E-state index contributed by atoms with van der Waals surface area (Å²) in [6.45, 7) is 0.483. The number of aromatic nitrogens is 1. The minimum Gasteiger partial charge on any atom is -0.508 e. The number of carbonyl (C=O) groups excluding carboxylic acids is 1. The fourth-order valence-corrected chi connectivity index (χ4v) is 1.95. The quantitative estimate of drug-likeness (QED) is 0.865. The molecule has 2 N–H and O–H groups in total. The number of aromatic hydroxyl groups is 1. The molecule has 2 rings (SSSR count). The molecule has 0 bridgehead atoms. The number of hydrogen-bond acceptors (Lipinski definition) is 4. The van der Waals surface area contributed by atoms with Crippen molar-refractivity contribution < 1.29 is 9.90 Å². The first-order valence-electron chi connectivity index (χ1n) is 5.16. The van der Waals surface area contributed by atoms with E-state index < -0.39 is 0 Å². The van der Waals surface area contributed by atoms with Crippen molar-refractivity contribution in [3.63, 3.8) is 0 Å². The van der Waals surface area contributed by atoms with Crippen molar-refractivity contribution in [1.29, 1.82) is 0 Å². The van der Waals surface area contributed by atoms with Crippen LogP contribution in [0.1, 0.15) is 10.4 Å². The second-order valence-electron chi connectivity index (χ2n) is 3.55. The lowest BCUT2D eigenvalue weighted by atomic mass is 10.1. The van der Waals surface area contributed by atoms with E-state index in [1.807, 2.05) is 0 Å². The molecule has 0 atom stereocenters. The molecule has 0 aliphatic rings. The van der Waals surface area contributed by atoms with Crippen LogP contribution in [-0.2, 0) is 17.8 Å². The molecule has 0 unspecified atom stereocenters. The number of rotatable bonds is 4. The summed E-state index contributed by atoms with van der Waals surface area (Å²) in [7, 11) is 0. The number of para-hydroxylation sites is 1. The minimum absolute atomic E-state index is 0.111. The van der Waals surface area contributed by atoms with Gasteiger partial charge >= 0.3 is 0 Å². The zero-order chi connectivity index (χ0) is 12.1. The Kier molecular flexibility index (Phi) is 3.72. The highest BCUT2D eigenvalue weighted by Crippen LogP contribution is 2.15. The predicted molar refractivity (Wildman–Crippen MR) is 65.8 cm³/mol. The van der Waals surface area contributed by atoms with Gasteiger partial charge in [0, 0.05) is 16.6 Å². The number of carbonyl (C=O) groups is 1. The number of phenolic OH excluding ortho intramolecular Hbond substituents is 1. The van der Waals surface area contributed by atoms with E-state index in [9.17, 15) is 9.90 Å². The molecule has 0 aliphatic carbocycles. The average molecular weight is 248 g/mol. The van der Waals surface area contributed by atoms with E-state index in [0.29, 0.717) is 12.1 Å². The van der Waals surface area contributed by atoms with Crippen LogP contribution in [0.5, 0.6) is 5.75 Å². The van der Waals surface area contributed by atoms with Gasteiger partial charge < -0.3 is 10.4 Å². The average Bonchev–Trinajstić information content (AvgIpc) is 2.82. The van der Waals surface area contributed by atoms with Gasteiger partial charge in [-0.1, -0.05) is 18.2 Å². The number of nitrogens with zero attached hydrogens (tertiary/aromatic N) is 1. The van der Waals surface area contributed by atoms with Crippen molar-refractivity contribution in [2.45, 2.75) is 13.0 Å². The summed E-state index contributed by atoms with van der Waals surface area (Å²) in [5, 5.41) is 12.3. The van der Waals surface area contributed by atoms with Crippen LogP contribution in [0.2, 0.25) is 0 Å². The molecule has 0 spiro atoms. The van der Waals surface area contributed by atoms with Gasteiger partial charge in [-0.15, -0.1) is 11.3 Å². The van der Waals surface area contributed by atoms with Crippen LogP contribution in [-0.4, -0.2) is 16.0 Å². The molecule has 5 heteroatoms. The van der Waals surface area contributed by atoms with Gasteiger partial charge in [-0.25, -0.2) is 0 Å². The van der Waals surface area contributed by atoms with E-state index >= 15 is 0 Å². The molecule has 0 radical (unpaired) electrons. The number of benzene rings is 1. The first-order chi connectivity index (χ1) is 8.25. The highest BCUT2D eigenvalue weighted by molar-refractivity contribution is 7.09. The van der Waals surface area contributed by atoms with Crippen molar-refractivity contribution in [3.05, 3.63) is 46.4 Å². The summed E-state index contributed by atoms with van der Waals surface area (Å²) >= 11 is 1.50. The lowest BCUT2D eigenvalue weighted by molar-refractivity contribution is -0.120. The maximum atomic E-state index is 11.6. The molecule has 1 aromatic heterocycles. The lowest BCUT2D eigenvalue weighted by Crippen LogP contribution is -2.24. The molecule has 0 fully saturated rings. The number of amides is 1. The third-order valence-corrected chi connectivity index (χ3v) is 3.07. The van der Waals surface area contributed by atoms with Crippen LogP contribution < -0.4 is 5.32 Å². The third-order valence-electron chi connectivity index (χ3n) is 2.29. The Labute approximate surface area is 103 Å². The Morgan fingerprint density at radius 2 is 2.24 bits per heavy atom. The molecule has 88 valence electrons. The third kappa shape index (κ3) is 3.29. The topological polar surface area (TPSA) is 62.2 Å². The monoisotopic (exact) mass is 248 g/mol. The summed E-state index contributed by atoms with van der Waals surface area (Å²) < 4.78 is 0. The normalized spacial score (nSPS) is 10.1. The summed E-state index contributed by atoms with van der Waals surface area (Å²) in [4.78, 5) is 16.6. The molecule has 0 saturated heterocycles. The zero-order valence-corrected chi connectivity index (χ0v) is 9.91. The molecule has 17 heavy (non-hydrogen) atoms. The molecule has 0 saturated carbocycles. The summed E-state index contributed by atoms with van der Waals surface area (Å²) in [6, 6.07) is 6.84. The number of thiazole rings is 1. The SMILES string of the molecule is O=C(Cc1ccccc1O)NCc1cncs1. The summed E-state index contributed by atoms with van der Waals surface area (Å²) in [5.41, 5.74) is 2.36. The maximum absolute atomic E-state index is 11.6. The van der Waals surface area contributed by atoms with Crippen molar-refractivity contribution in [2.24, 2.45) is 0 Å². The predicted octanol–water partition coefficient (Wildman–Crippen LogP) is 1.71. The van der Waals surface area contributed by atoms with Gasteiger partial charge in [0.25, 0.3) is 0 Å². The van der Waals surface area contributed by atoms with E-state index in [-0.39, 0.29) is 18.1 Å². The fourth-order valence-electron chi connectivity index (χ4n) is 1.41. The van der Waals surface area contributed by atoms with Gasteiger partial charge in [-0.2, -0.15) is 0 Å². The summed E-state index contributed by atoms with van der Waals surface area (Å²) in [5.74, 6) is 0.0420. The highest BCUT2D eigenvalue weighted by Gasteiger charge is 2.06. The highest BCUT2D eigenvalue weighted by atomic mass is 32.1. The van der Waals surface area contributed by atoms with E-state index in [1.54, 1.807) is 36.0 Å². The van der Waals surface area contributed by atoms with Gasteiger partial charge in [0.2, 0.25) is 5.91 Å². The Morgan fingerprint density at radius 1 is 1.41 bits per heavy atom. The Morgan fingerprint density at radius 3 is 2.94 bits per heavy atom. The fraction of sp³-hybridized carbons (Fsp3) is 0.167. The Balaban J connectivity index is 1.87. The maximum Gasteiger partial charge on any atom is 0.224 e. The molecule has 1 heterocycles. The minimum atomic E-state index is -0.111. The first-order valence-corrected chi connectivity index (χ1v) is 6.04. The largest absolute Gasteiger partial charge is 0.508 e. The van der Waals surface area contributed by atoms with Crippen molar-refractivity contribution in [2.75, 3.05) is 0 Å². The molecular formula is C12H12N2O2S. The molecule has 1 amide bonds. The molecule has 0 aliphatic heterocycles. The van der Waals surface area contributed by atoms with Gasteiger partial charge in [0.15, 0.2) is 0 Å². The first kappa shape index (κ1) is 11.6. The van der Waals surface area contributed by atoms with Crippen LogP contribution in [0, 0.1) is 0 Å². The molecule has 4 nitrogen and oxygen atoms in total. The number of hydrogen-bond donors (Lipinski definition) is 2. The van der Waals surface area contributed by atoms with Crippen LogP contribution in [0.25, 0.3) is 0 Å². The lowest BCUT2D eigenvalue weighted by Gasteiger charge is -2.05. The van der Waals surface area contributed by atoms with Gasteiger partial charge in [-0.3, -0.25) is 9.78 Å². The van der Waals surface area contributed by atoms with E-state index in [4.69, 9.17) is 0 Å². The van der Waals surface area contributed by atoms with E-state index in [2.05, 4.69) is 10.3 Å². The van der Waals surface area contributed by atoms with Gasteiger partial charge in [-0.05, 0) is 6.07 Å².